The van der Waals surface area contributed by atoms with Gasteiger partial charge in [-0.15, -0.1) is 0 Å². The van der Waals surface area contributed by atoms with Crippen LogP contribution < -0.4 is 5.30 Å². The normalized spacial score (nSPS) is 14.3. The number of hydrogen-bond donors (Lipinski definition) is 1. The van der Waals surface area contributed by atoms with Gasteiger partial charge in [-0.3, -0.25) is 0 Å². The van der Waals surface area contributed by atoms with Crippen molar-refractivity contribution >= 4 is 13.9 Å². The summed E-state index contributed by atoms with van der Waals surface area (Å²) in [4.78, 5) is 0. The zero-order valence-electron chi connectivity index (χ0n) is 14.4. The maximum absolute atomic E-state index is 14.4. The van der Waals surface area contributed by atoms with Crippen LogP contribution in [-0.2, 0) is 5.16 Å². The molecular formula is C20H26FOP. The first-order valence-corrected chi connectivity index (χ1v) is 9.27. The standard InChI is InChI=1S/C20H26FOP/c1-5-12-20(6-2,16-13-14(3)10-11-18(16)22)23-19-15(4)8-7-9-17(19)21/h7-11,13,22-23H,5-6,12H2,1-4H3. The molecule has 3 heteroatoms. The Labute approximate surface area is 140 Å². The van der Waals surface area contributed by atoms with Crippen LogP contribution in [0.25, 0.3) is 0 Å². The molecule has 124 valence electrons. The Hall–Kier alpha value is -1.40. The first-order chi connectivity index (χ1) is 10.9. The van der Waals surface area contributed by atoms with E-state index in [-0.39, 0.29) is 11.0 Å². The van der Waals surface area contributed by atoms with Gasteiger partial charge < -0.3 is 5.11 Å². The van der Waals surface area contributed by atoms with Gasteiger partial charge in [-0.2, -0.15) is 0 Å². The van der Waals surface area contributed by atoms with Crippen molar-refractivity contribution in [3.63, 3.8) is 0 Å². The molecule has 0 aliphatic carbocycles. The van der Waals surface area contributed by atoms with Crippen LogP contribution in [0, 0.1) is 19.7 Å². The third-order valence-corrected chi connectivity index (χ3v) is 6.77. The van der Waals surface area contributed by atoms with Crippen LogP contribution in [-0.4, -0.2) is 5.11 Å². The average Bonchev–Trinajstić information content (AvgIpc) is 2.52. The molecule has 0 radical (unpaired) electrons. The molecule has 2 atom stereocenters. The first kappa shape index (κ1) is 17.9. The summed E-state index contributed by atoms with van der Waals surface area (Å²) in [6.45, 7) is 8.29. The summed E-state index contributed by atoms with van der Waals surface area (Å²) in [5, 5.41) is 11.0. The topological polar surface area (TPSA) is 20.2 Å². The fraction of sp³-hybridized carbons (Fsp3) is 0.400. The predicted octanol–water partition coefficient (Wildman–Crippen LogP) is 5.56. The van der Waals surface area contributed by atoms with E-state index in [1.807, 2.05) is 26.0 Å². The zero-order chi connectivity index (χ0) is 17.0. The molecule has 1 nitrogen and oxygen atoms in total. The van der Waals surface area contributed by atoms with Crippen LogP contribution in [0.1, 0.15) is 49.8 Å². The fourth-order valence-electron chi connectivity index (χ4n) is 3.21. The van der Waals surface area contributed by atoms with Crippen LogP contribution in [0.4, 0.5) is 4.39 Å². The predicted molar refractivity (Wildman–Crippen MR) is 98.8 cm³/mol. The lowest BCUT2D eigenvalue weighted by molar-refractivity contribution is 0.442. The Morgan fingerprint density at radius 1 is 1.13 bits per heavy atom. The second kappa shape index (κ2) is 7.45. The van der Waals surface area contributed by atoms with Crippen molar-refractivity contribution in [2.75, 3.05) is 0 Å². The summed E-state index contributed by atoms with van der Waals surface area (Å²) in [7, 11) is 0.306. The number of hydrogen-bond acceptors (Lipinski definition) is 1. The van der Waals surface area contributed by atoms with Crippen molar-refractivity contribution in [2.24, 2.45) is 0 Å². The van der Waals surface area contributed by atoms with E-state index >= 15 is 0 Å². The Morgan fingerprint density at radius 3 is 2.48 bits per heavy atom. The number of phenolic OH excluding ortho intramolecular Hbond substituents is 1. The van der Waals surface area contributed by atoms with Gasteiger partial charge >= 0.3 is 0 Å². The SMILES string of the molecule is CCCC(CC)(Pc1c(C)cccc1F)c1cc(C)ccc1O. The van der Waals surface area contributed by atoms with Crippen LogP contribution in [0.5, 0.6) is 5.75 Å². The molecule has 0 fully saturated rings. The van der Waals surface area contributed by atoms with Crippen LogP contribution >= 0.6 is 8.58 Å². The fourth-order valence-corrected chi connectivity index (χ4v) is 5.06. The van der Waals surface area contributed by atoms with E-state index in [0.717, 1.165) is 41.3 Å². The molecular weight excluding hydrogens is 306 g/mol. The molecule has 2 aromatic rings. The van der Waals surface area contributed by atoms with Gasteiger partial charge in [0.05, 0.1) is 0 Å². The molecule has 2 unspecified atom stereocenters. The molecule has 0 bridgehead atoms. The summed E-state index contributed by atoms with van der Waals surface area (Å²) in [5.74, 6) is 0.191. The van der Waals surface area contributed by atoms with Gasteiger partial charge in [-0.1, -0.05) is 58.7 Å². The summed E-state index contributed by atoms with van der Waals surface area (Å²) in [6.07, 6.45) is 2.82. The third kappa shape index (κ3) is 3.75. The smallest absolute Gasteiger partial charge is 0.130 e. The van der Waals surface area contributed by atoms with E-state index < -0.39 is 0 Å². The highest BCUT2D eigenvalue weighted by molar-refractivity contribution is 7.48. The minimum atomic E-state index is -0.211. The molecule has 0 aromatic heterocycles. The molecule has 0 aliphatic rings. The lowest BCUT2D eigenvalue weighted by Gasteiger charge is -2.35. The molecule has 1 N–H and O–H groups in total. The van der Waals surface area contributed by atoms with Gasteiger partial charge in [0.1, 0.15) is 11.6 Å². The molecule has 0 aliphatic heterocycles. The van der Waals surface area contributed by atoms with E-state index in [4.69, 9.17) is 0 Å². The van der Waals surface area contributed by atoms with Crippen molar-refractivity contribution < 1.29 is 9.50 Å². The Morgan fingerprint density at radius 2 is 1.87 bits per heavy atom. The summed E-state index contributed by atoms with van der Waals surface area (Å²) < 4.78 is 14.4. The van der Waals surface area contributed by atoms with Gasteiger partial charge in [-0.05, 0) is 44.4 Å². The zero-order valence-corrected chi connectivity index (χ0v) is 15.4. The number of aryl methyl sites for hydroxylation is 2. The van der Waals surface area contributed by atoms with E-state index in [1.165, 1.54) is 6.07 Å². The summed E-state index contributed by atoms with van der Waals surface area (Å²) in [6, 6.07) is 11.0. The van der Waals surface area contributed by atoms with Crippen molar-refractivity contribution in [1.82, 2.24) is 0 Å². The Balaban J connectivity index is 2.58. The van der Waals surface area contributed by atoms with Crippen LogP contribution in [0.2, 0.25) is 0 Å². The molecule has 23 heavy (non-hydrogen) atoms. The molecule has 0 amide bonds. The quantitative estimate of drug-likeness (QED) is 0.687. The van der Waals surface area contributed by atoms with Crippen LogP contribution in [0.15, 0.2) is 36.4 Å². The molecule has 2 aromatic carbocycles. The van der Waals surface area contributed by atoms with Crippen molar-refractivity contribution in [2.45, 2.75) is 52.1 Å². The average molecular weight is 332 g/mol. The van der Waals surface area contributed by atoms with Crippen LogP contribution in [0.3, 0.4) is 0 Å². The Kier molecular flexibility index (Phi) is 5.81. The highest BCUT2D eigenvalue weighted by atomic mass is 31.1. The summed E-state index contributed by atoms with van der Waals surface area (Å²) >= 11 is 0. The van der Waals surface area contributed by atoms with Crippen molar-refractivity contribution in [1.29, 1.82) is 0 Å². The molecule has 0 saturated heterocycles. The third-order valence-electron chi connectivity index (χ3n) is 4.53. The second-order valence-electron chi connectivity index (χ2n) is 6.26. The van der Waals surface area contributed by atoms with E-state index in [1.54, 1.807) is 12.1 Å². The summed E-state index contributed by atoms with van der Waals surface area (Å²) in [5.41, 5.74) is 3.08. The molecule has 0 saturated carbocycles. The molecule has 2 rings (SSSR count). The number of benzene rings is 2. The molecule has 0 heterocycles. The minimum Gasteiger partial charge on any atom is -0.508 e. The largest absolute Gasteiger partial charge is 0.508 e. The van der Waals surface area contributed by atoms with Gasteiger partial charge in [0.15, 0.2) is 0 Å². The monoisotopic (exact) mass is 332 g/mol. The van der Waals surface area contributed by atoms with Gasteiger partial charge in [0.25, 0.3) is 0 Å². The highest BCUT2D eigenvalue weighted by Gasteiger charge is 2.33. The number of rotatable bonds is 6. The Bertz CT molecular complexity index is 663. The van der Waals surface area contributed by atoms with Crippen molar-refractivity contribution in [3.8, 4) is 5.75 Å². The maximum atomic E-state index is 14.4. The lowest BCUT2D eigenvalue weighted by atomic mass is 9.89. The van der Waals surface area contributed by atoms with E-state index in [0.29, 0.717) is 14.3 Å². The van der Waals surface area contributed by atoms with Gasteiger partial charge in [0.2, 0.25) is 0 Å². The van der Waals surface area contributed by atoms with E-state index in [9.17, 15) is 9.50 Å². The van der Waals surface area contributed by atoms with Gasteiger partial charge in [-0.25, -0.2) is 4.39 Å². The van der Waals surface area contributed by atoms with Crippen molar-refractivity contribution in [3.05, 3.63) is 58.9 Å². The lowest BCUT2D eigenvalue weighted by Crippen LogP contribution is -2.25. The highest BCUT2D eigenvalue weighted by Crippen LogP contribution is 2.51. The number of phenols is 1. The van der Waals surface area contributed by atoms with E-state index in [2.05, 4.69) is 19.9 Å². The minimum absolute atomic E-state index is 0.135. The first-order valence-electron chi connectivity index (χ1n) is 8.27. The number of halogens is 1. The maximum Gasteiger partial charge on any atom is 0.130 e. The molecule has 0 spiro atoms. The second-order valence-corrected chi connectivity index (χ2v) is 7.97. The van der Waals surface area contributed by atoms with Gasteiger partial charge in [0, 0.05) is 16.0 Å². The number of aromatic hydroxyl groups is 1.